The summed E-state index contributed by atoms with van der Waals surface area (Å²) in [6.07, 6.45) is 7.29. The predicted octanol–water partition coefficient (Wildman–Crippen LogP) is 6.04. The Morgan fingerprint density at radius 2 is 1.70 bits per heavy atom. The summed E-state index contributed by atoms with van der Waals surface area (Å²) in [5.41, 5.74) is 8.18. The largest absolute Gasteiger partial charge is 0.497 e. The van der Waals surface area contributed by atoms with Gasteiger partial charge in [-0.3, -0.25) is 15.1 Å². The molecule has 2 N–H and O–H groups in total. The Labute approximate surface area is 213 Å². The summed E-state index contributed by atoms with van der Waals surface area (Å²) in [5.74, 6) is 0.0924. The topological polar surface area (TPSA) is 82.7 Å². The number of hydrogen-bond donors (Lipinski definition) is 2. The number of methoxy groups -OCH3 is 1. The van der Waals surface area contributed by atoms with E-state index in [1.807, 2.05) is 38.6 Å². The van der Waals surface area contributed by atoms with Gasteiger partial charge in [0.2, 0.25) is 0 Å². The number of benzene rings is 2. The number of nitrogens with zero attached hydrogens (tertiary/aromatic N) is 4. The molecule has 6 rings (SSSR count). The zero-order valence-corrected chi connectivity index (χ0v) is 20.7. The SMILES string of the molecule is COc1cc(F)cc(-c2cncc3[nH]c(-c4n[nH]c5ccc(-c6cncc(CN(C)C)c6)cc45)cc23)c1. The summed E-state index contributed by atoms with van der Waals surface area (Å²) in [6.45, 7) is 0.822. The second-order valence-electron chi connectivity index (χ2n) is 9.36. The Balaban J connectivity index is 1.45. The van der Waals surface area contributed by atoms with Crippen LogP contribution in [0.5, 0.6) is 5.75 Å². The highest BCUT2D eigenvalue weighted by atomic mass is 19.1. The van der Waals surface area contributed by atoms with Gasteiger partial charge in [-0.25, -0.2) is 4.39 Å². The van der Waals surface area contributed by atoms with Crippen LogP contribution in [0.4, 0.5) is 4.39 Å². The molecule has 4 aromatic heterocycles. The van der Waals surface area contributed by atoms with E-state index in [0.717, 1.165) is 62.0 Å². The zero-order chi connectivity index (χ0) is 25.5. The first-order valence-corrected chi connectivity index (χ1v) is 11.9. The molecule has 8 heteroatoms. The Kier molecular flexibility index (Phi) is 5.65. The van der Waals surface area contributed by atoms with Crippen molar-refractivity contribution in [3.8, 4) is 39.4 Å². The molecule has 37 heavy (non-hydrogen) atoms. The number of hydrogen-bond acceptors (Lipinski definition) is 5. The van der Waals surface area contributed by atoms with Crippen LogP contribution in [0.1, 0.15) is 5.56 Å². The highest BCUT2D eigenvalue weighted by Crippen LogP contribution is 2.36. The second kappa shape index (κ2) is 9.15. The monoisotopic (exact) mass is 492 g/mol. The molecule has 6 aromatic rings. The number of ether oxygens (including phenoxy) is 1. The lowest BCUT2D eigenvalue weighted by atomic mass is 10.0. The molecule has 0 unspecified atom stereocenters. The Hall–Kier alpha value is -4.56. The smallest absolute Gasteiger partial charge is 0.127 e. The summed E-state index contributed by atoms with van der Waals surface area (Å²) in [6, 6.07) is 15.1. The fourth-order valence-corrected chi connectivity index (χ4v) is 4.74. The predicted molar refractivity (Wildman–Crippen MR) is 144 cm³/mol. The molecule has 2 aromatic carbocycles. The van der Waals surface area contributed by atoms with Crippen molar-refractivity contribution >= 4 is 21.8 Å². The Bertz CT molecular complexity index is 1750. The van der Waals surface area contributed by atoms with Crippen molar-refractivity contribution in [2.45, 2.75) is 6.54 Å². The molecule has 0 saturated carbocycles. The number of rotatable bonds is 6. The van der Waals surface area contributed by atoms with Gasteiger partial charge in [0.15, 0.2) is 0 Å². The number of aromatic amines is 2. The third-order valence-corrected chi connectivity index (χ3v) is 6.41. The minimum absolute atomic E-state index is 0.364. The van der Waals surface area contributed by atoms with E-state index in [-0.39, 0.29) is 5.82 Å². The number of nitrogens with one attached hydrogen (secondary N) is 2. The highest BCUT2D eigenvalue weighted by Gasteiger charge is 2.16. The summed E-state index contributed by atoms with van der Waals surface area (Å²) in [4.78, 5) is 14.4. The first-order valence-electron chi connectivity index (χ1n) is 11.9. The maximum atomic E-state index is 14.2. The first-order chi connectivity index (χ1) is 18.0. The van der Waals surface area contributed by atoms with E-state index >= 15 is 0 Å². The Morgan fingerprint density at radius 1 is 0.838 bits per heavy atom. The molecule has 7 nitrogen and oxygen atoms in total. The van der Waals surface area contributed by atoms with Crippen molar-refractivity contribution in [2.24, 2.45) is 0 Å². The molecule has 0 amide bonds. The van der Waals surface area contributed by atoms with Gasteiger partial charge in [-0.1, -0.05) is 6.07 Å². The van der Waals surface area contributed by atoms with Crippen molar-refractivity contribution in [3.05, 3.63) is 84.7 Å². The van der Waals surface area contributed by atoms with Gasteiger partial charge in [0.05, 0.1) is 30.0 Å². The minimum atomic E-state index is -0.364. The van der Waals surface area contributed by atoms with E-state index in [4.69, 9.17) is 4.74 Å². The standard InChI is InChI=1S/C29H25FN6O/c1-36(2)16-17-6-20(13-31-12-17)18-4-5-26-24(9-18)29(35-34-26)27-11-23-25(14-32-15-28(23)33-27)19-7-21(30)10-22(8-19)37-3/h4-15,33H,16H2,1-3H3,(H,34,35). The summed E-state index contributed by atoms with van der Waals surface area (Å²) >= 11 is 0. The van der Waals surface area contributed by atoms with Crippen molar-refractivity contribution in [1.29, 1.82) is 0 Å². The van der Waals surface area contributed by atoms with Crippen LogP contribution >= 0.6 is 0 Å². The molecule has 184 valence electrons. The highest BCUT2D eigenvalue weighted by molar-refractivity contribution is 6.01. The lowest BCUT2D eigenvalue weighted by Crippen LogP contribution is -2.10. The number of fused-ring (bicyclic) bond motifs is 2. The number of H-pyrrole nitrogens is 2. The van der Waals surface area contributed by atoms with Crippen LogP contribution < -0.4 is 4.74 Å². The maximum Gasteiger partial charge on any atom is 0.127 e. The van der Waals surface area contributed by atoms with Crippen molar-refractivity contribution in [1.82, 2.24) is 30.0 Å². The first kappa shape index (κ1) is 22.9. The van der Waals surface area contributed by atoms with E-state index in [0.29, 0.717) is 11.3 Å². The van der Waals surface area contributed by atoms with Crippen molar-refractivity contribution in [3.63, 3.8) is 0 Å². The minimum Gasteiger partial charge on any atom is -0.497 e. The van der Waals surface area contributed by atoms with Gasteiger partial charge in [-0.15, -0.1) is 0 Å². The molecule has 0 bridgehead atoms. The van der Waals surface area contributed by atoms with E-state index in [1.54, 1.807) is 18.5 Å². The van der Waals surface area contributed by atoms with Crippen molar-refractivity contribution in [2.75, 3.05) is 21.2 Å². The fraction of sp³-hybridized carbons (Fsp3) is 0.138. The Morgan fingerprint density at radius 3 is 2.54 bits per heavy atom. The van der Waals surface area contributed by atoms with Crippen LogP contribution in [0.15, 0.2) is 73.3 Å². The second-order valence-corrected chi connectivity index (χ2v) is 9.36. The van der Waals surface area contributed by atoms with Crippen LogP contribution in [0.25, 0.3) is 55.4 Å². The van der Waals surface area contributed by atoms with Gasteiger partial charge in [-0.2, -0.15) is 5.10 Å². The van der Waals surface area contributed by atoms with Gasteiger partial charge < -0.3 is 14.6 Å². The van der Waals surface area contributed by atoms with E-state index in [2.05, 4.69) is 48.2 Å². The molecule has 0 fully saturated rings. The van der Waals surface area contributed by atoms with E-state index < -0.39 is 0 Å². The molecule has 0 aliphatic carbocycles. The summed E-state index contributed by atoms with van der Waals surface area (Å²) in [7, 11) is 5.61. The molecule has 0 aliphatic rings. The quantitative estimate of drug-likeness (QED) is 0.296. The lowest BCUT2D eigenvalue weighted by molar-refractivity contribution is 0.402. The zero-order valence-electron chi connectivity index (χ0n) is 20.7. The fourth-order valence-electron chi connectivity index (χ4n) is 4.74. The summed E-state index contributed by atoms with van der Waals surface area (Å²) < 4.78 is 19.5. The maximum absolute atomic E-state index is 14.2. The van der Waals surface area contributed by atoms with Crippen LogP contribution in [0, 0.1) is 5.82 Å². The molecule has 0 saturated heterocycles. The molecule has 0 spiro atoms. The lowest BCUT2D eigenvalue weighted by Gasteiger charge is -2.10. The van der Waals surface area contributed by atoms with Gasteiger partial charge in [0, 0.05) is 53.1 Å². The number of pyridine rings is 2. The molecule has 4 heterocycles. The molecular formula is C29H25FN6O. The van der Waals surface area contributed by atoms with Crippen LogP contribution in [0.2, 0.25) is 0 Å². The number of halogens is 1. The van der Waals surface area contributed by atoms with Crippen LogP contribution in [-0.4, -0.2) is 51.3 Å². The van der Waals surface area contributed by atoms with E-state index in [9.17, 15) is 4.39 Å². The molecular weight excluding hydrogens is 467 g/mol. The number of aromatic nitrogens is 5. The van der Waals surface area contributed by atoms with Gasteiger partial charge >= 0.3 is 0 Å². The molecule has 0 atom stereocenters. The van der Waals surface area contributed by atoms with Crippen molar-refractivity contribution < 1.29 is 9.13 Å². The average Bonchev–Trinajstić information content (AvgIpc) is 3.51. The van der Waals surface area contributed by atoms with Gasteiger partial charge in [-0.05, 0) is 67.2 Å². The third kappa shape index (κ3) is 4.32. The van der Waals surface area contributed by atoms with Crippen LogP contribution in [0.3, 0.4) is 0 Å². The van der Waals surface area contributed by atoms with E-state index in [1.165, 1.54) is 19.2 Å². The van der Waals surface area contributed by atoms with Crippen LogP contribution in [-0.2, 0) is 6.54 Å². The average molecular weight is 493 g/mol. The normalized spacial score (nSPS) is 11.6. The third-order valence-electron chi connectivity index (χ3n) is 6.41. The molecule has 0 radical (unpaired) electrons. The van der Waals surface area contributed by atoms with Gasteiger partial charge in [0.1, 0.15) is 17.3 Å². The van der Waals surface area contributed by atoms with Gasteiger partial charge in [0.25, 0.3) is 0 Å². The summed E-state index contributed by atoms with van der Waals surface area (Å²) in [5, 5.41) is 9.67. The molecule has 0 aliphatic heterocycles.